The summed E-state index contributed by atoms with van der Waals surface area (Å²) in [4.78, 5) is 2.71. The van der Waals surface area contributed by atoms with Gasteiger partial charge in [0, 0.05) is 20.3 Å². The number of hydrogen-bond donors (Lipinski definition) is 1. The maximum absolute atomic E-state index is 12.2. The van der Waals surface area contributed by atoms with E-state index in [1.54, 1.807) is 35.6 Å². The molecule has 0 aliphatic heterocycles. The van der Waals surface area contributed by atoms with Crippen LogP contribution in [0.2, 0.25) is 0 Å². The van der Waals surface area contributed by atoms with Crippen LogP contribution in [0.1, 0.15) is 16.7 Å². The highest BCUT2D eigenvalue weighted by atomic mass is 79.9. The zero-order valence-corrected chi connectivity index (χ0v) is 14.5. The molecule has 0 bridgehead atoms. The average molecular weight is 374 g/mol. The van der Waals surface area contributed by atoms with E-state index in [4.69, 9.17) is 0 Å². The van der Waals surface area contributed by atoms with Crippen LogP contribution < -0.4 is 4.72 Å². The van der Waals surface area contributed by atoms with Gasteiger partial charge in [-0.3, -0.25) is 0 Å². The zero-order valence-electron chi connectivity index (χ0n) is 11.3. The van der Waals surface area contributed by atoms with Gasteiger partial charge in [-0.1, -0.05) is 15.9 Å². The maximum Gasteiger partial charge on any atom is 0.240 e. The van der Waals surface area contributed by atoms with Crippen LogP contribution >= 0.6 is 27.3 Å². The van der Waals surface area contributed by atoms with Crippen LogP contribution in [0.4, 0.5) is 0 Å². The van der Waals surface area contributed by atoms with Gasteiger partial charge in [0.05, 0.1) is 4.90 Å². The highest BCUT2D eigenvalue weighted by Crippen LogP contribution is 2.18. The minimum absolute atomic E-state index is 0.137. The molecule has 1 heterocycles. The molecule has 1 aromatic heterocycles. The first-order valence-corrected chi connectivity index (χ1v) is 9.29. The van der Waals surface area contributed by atoms with Gasteiger partial charge >= 0.3 is 0 Å². The molecule has 2 aromatic rings. The molecule has 0 saturated carbocycles. The van der Waals surface area contributed by atoms with Crippen LogP contribution in [0, 0.1) is 6.92 Å². The van der Waals surface area contributed by atoms with Gasteiger partial charge < -0.3 is 0 Å². The molecule has 1 N–H and O–H groups in total. The van der Waals surface area contributed by atoms with Crippen molar-refractivity contribution < 1.29 is 8.42 Å². The van der Waals surface area contributed by atoms with Crippen molar-refractivity contribution in [2.45, 2.75) is 31.2 Å². The molecule has 0 aliphatic carbocycles. The van der Waals surface area contributed by atoms with Gasteiger partial charge in [-0.25, -0.2) is 13.1 Å². The second-order valence-corrected chi connectivity index (χ2v) is 8.69. The fraction of sp³-hybridized carbons (Fsp3) is 0.286. The van der Waals surface area contributed by atoms with Crippen LogP contribution in [0.5, 0.6) is 0 Å². The summed E-state index contributed by atoms with van der Waals surface area (Å²) in [6.07, 6.45) is 0.703. The van der Waals surface area contributed by atoms with Crippen molar-refractivity contribution in [2.24, 2.45) is 0 Å². The van der Waals surface area contributed by atoms with Gasteiger partial charge in [0.25, 0.3) is 0 Å². The number of thiophene rings is 1. The molecule has 1 unspecified atom stereocenters. The van der Waals surface area contributed by atoms with E-state index in [2.05, 4.69) is 26.7 Å². The van der Waals surface area contributed by atoms with Crippen molar-refractivity contribution in [1.82, 2.24) is 4.72 Å². The van der Waals surface area contributed by atoms with Crippen molar-refractivity contribution in [3.05, 3.63) is 50.6 Å². The molecule has 1 atom stereocenters. The lowest BCUT2D eigenvalue weighted by Crippen LogP contribution is -2.33. The normalized spacial score (nSPS) is 13.3. The molecule has 0 spiro atoms. The van der Waals surface area contributed by atoms with Gasteiger partial charge in [-0.2, -0.15) is 0 Å². The predicted molar refractivity (Wildman–Crippen MR) is 86.7 cm³/mol. The topological polar surface area (TPSA) is 46.2 Å². The van der Waals surface area contributed by atoms with Crippen molar-refractivity contribution >= 4 is 37.3 Å². The molecule has 0 saturated heterocycles. The zero-order chi connectivity index (χ0) is 14.8. The van der Waals surface area contributed by atoms with E-state index in [0.717, 1.165) is 4.47 Å². The minimum Gasteiger partial charge on any atom is -0.208 e. The summed E-state index contributed by atoms with van der Waals surface area (Å²) in [7, 11) is -3.46. The Labute approximate surface area is 132 Å². The second-order valence-electron chi connectivity index (χ2n) is 4.69. The van der Waals surface area contributed by atoms with Gasteiger partial charge in [0.2, 0.25) is 10.0 Å². The molecule has 0 radical (unpaired) electrons. The number of halogens is 1. The summed E-state index contributed by atoms with van der Waals surface area (Å²) in [6, 6.07) is 10.6. The number of sulfonamides is 1. The lowest BCUT2D eigenvalue weighted by molar-refractivity contribution is 0.560. The van der Waals surface area contributed by atoms with Crippen molar-refractivity contribution in [2.75, 3.05) is 0 Å². The molecule has 0 aliphatic rings. The molecule has 3 nitrogen and oxygen atoms in total. The second kappa shape index (κ2) is 6.39. The fourth-order valence-electron chi connectivity index (χ4n) is 1.88. The van der Waals surface area contributed by atoms with E-state index >= 15 is 0 Å². The Morgan fingerprint density at radius 2 is 1.85 bits per heavy atom. The van der Waals surface area contributed by atoms with E-state index in [0.29, 0.717) is 6.42 Å². The first-order chi connectivity index (χ1) is 9.37. The number of rotatable bonds is 5. The van der Waals surface area contributed by atoms with Crippen LogP contribution in [0.15, 0.2) is 45.8 Å². The molecular formula is C14H16BrNO2S2. The van der Waals surface area contributed by atoms with Crippen molar-refractivity contribution in [3.63, 3.8) is 0 Å². The van der Waals surface area contributed by atoms with E-state index in [1.165, 1.54) is 9.75 Å². The Bertz CT molecular complexity index is 677. The molecular weight excluding hydrogens is 358 g/mol. The summed E-state index contributed by atoms with van der Waals surface area (Å²) in [5.74, 6) is 0. The molecule has 108 valence electrons. The third-order valence-electron chi connectivity index (χ3n) is 2.78. The van der Waals surface area contributed by atoms with Gasteiger partial charge in [-0.15, -0.1) is 11.3 Å². The molecule has 0 amide bonds. The van der Waals surface area contributed by atoms with E-state index in [9.17, 15) is 8.42 Å². The largest absolute Gasteiger partial charge is 0.240 e. The maximum atomic E-state index is 12.2. The van der Waals surface area contributed by atoms with Crippen LogP contribution in [-0.2, 0) is 16.4 Å². The highest BCUT2D eigenvalue weighted by molar-refractivity contribution is 9.10. The Balaban J connectivity index is 2.06. The van der Waals surface area contributed by atoms with Crippen LogP contribution in [0.25, 0.3) is 0 Å². The smallest absolute Gasteiger partial charge is 0.208 e. The summed E-state index contributed by atoms with van der Waals surface area (Å²) < 4.78 is 28.0. The third-order valence-corrected chi connectivity index (χ3v) is 5.94. The van der Waals surface area contributed by atoms with Crippen LogP contribution in [-0.4, -0.2) is 14.5 Å². The van der Waals surface area contributed by atoms with E-state index in [1.807, 2.05) is 19.9 Å². The Morgan fingerprint density at radius 3 is 2.40 bits per heavy atom. The minimum atomic E-state index is -3.46. The summed E-state index contributed by atoms with van der Waals surface area (Å²) in [5, 5.41) is 0. The Kier molecular flexibility index (Phi) is 5.01. The molecule has 0 fully saturated rings. The molecule has 2 rings (SSSR count). The lowest BCUT2D eigenvalue weighted by atomic mass is 10.2. The highest BCUT2D eigenvalue weighted by Gasteiger charge is 2.17. The standard InChI is InChI=1S/C14H16BrNO2S2/c1-10(9-13-6-3-11(2)19-13)16-20(17,18)14-7-4-12(15)5-8-14/h3-8,10,16H,9H2,1-2H3. The fourth-order valence-corrected chi connectivity index (χ4v) is 4.41. The van der Waals surface area contributed by atoms with E-state index in [-0.39, 0.29) is 10.9 Å². The third kappa shape index (κ3) is 4.15. The number of hydrogen-bond acceptors (Lipinski definition) is 3. The van der Waals surface area contributed by atoms with Gasteiger partial charge in [-0.05, 0) is 56.7 Å². The molecule has 20 heavy (non-hydrogen) atoms. The monoisotopic (exact) mass is 373 g/mol. The quantitative estimate of drug-likeness (QED) is 0.867. The SMILES string of the molecule is Cc1ccc(CC(C)NS(=O)(=O)c2ccc(Br)cc2)s1. The van der Waals surface area contributed by atoms with Crippen molar-refractivity contribution in [3.8, 4) is 0 Å². The van der Waals surface area contributed by atoms with Gasteiger partial charge in [0.1, 0.15) is 0 Å². The van der Waals surface area contributed by atoms with Gasteiger partial charge in [0.15, 0.2) is 0 Å². The first-order valence-electron chi connectivity index (χ1n) is 6.20. The number of aryl methyl sites for hydroxylation is 1. The average Bonchev–Trinajstić information content (AvgIpc) is 2.74. The first kappa shape index (κ1) is 15.7. The Hall–Kier alpha value is -0.690. The van der Waals surface area contributed by atoms with Crippen LogP contribution in [0.3, 0.4) is 0 Å². The van der Waals surface area contributed by atoms with E-state index < -0.39 is 10.0 Å². The Morgan fingerprint density at radius 1 is 1.20 bits per heavy atom. The lowest BCUT2D eigenvalue weighted by Gasteiger charge is -2.13. The number of benzene rings is 1. The predicted octanol–water partition coefficient (Wildman–Crippen LogP) is 3.73. The summed E-state index contributed by atoms with van der Waals surface area (Å²) in [6.45, 7) is 3.93. The van der Waals surface area contributed by atoms with Crippen molar-refractivity contribution in [1.29, 1.82) is 0 Å². The number of nitrogens with one attached hydrogen (secondary N) is 1. The molecule has 6 heteroatoms. The summed E-state index contributed by atoms with van der Waals surface area (Å²) in [5.41, 5.74) is 0. The molecule has 1 aromatic carbocycles. The summed E-state index contributed by atoms with van der Waals surface area (Å²) >= 11 is 4.99.